The Morgan fingerprint density at radius 3 is 2.48 bits per heavy atom. The van der Waals surface area contributed by atoms with Gasteiger partial charge in [0.2, 0.25) is 0 Å². The maximum Gasteiger partial charge on any atom is 0.183 e. The number of fused-ring (bicyclic) bond motifs is 1. The summed E-state index contributed by atoms with van der Waals surface area (Å²) >= 11 is 1.58. The van der Waals surface area contributed by atoms with Crippen LogP contribution in [0.25, 0.3) is 10.2 Å². The number of hydrogen-bond donors (Lipinski definition) is 1. The van der Waals surface area contributed by atoms with E-state index in [4.69, 9.17) is 14.7 Å². The zero-order chi connectivity index (χ0) is 20.1. The van der Waals surface area contributed by atoms with Crippen molar-refractivity contribution in [2.24, 2.45) is 10.1 Å². The summed E-state index contributed by atoms with van der Waals surface area (Å²) in [6, 6.07) is 23.8. The number of aryl methyl sites for hydroxylation is 1. The minimum Gasteiger partial charge on any atom is -0.497 e. The van der Waals surface area contributed by atoms with Crippen LogP contribution in [0.2, 0.25) is 0 Å². The molecule has 1 aromatic heterocycles. The number of thiazole rings is 1. The van der Waals surface area contributed by atoms with Gasteiger partial charge in [-0.3, -0.25) is 5.43 Å². The second kappa shape index (κ2) is 8.67. The molecule has 29 heavy (non-hydrogen) atoms. The summed E-state index contributed by atoms with van der Waals surface area (Å²) in [6.07, 6.45) is 1.75. The van der Waals surface area contributed by atoms with Crippen molar-refractivity contribution in [1.29, 1.82) is 0 Å². The summed E-state index contributed by atoms with van der Waals surface area (Å²) in [5.74, 6) is 1.42. The van der Waals surface area contributed by atoms with Crippen molar-refractivity contribution in [1.82, 2.24) is 10.4 Å². The van der Waals surface area contributed by atoms with E-state index in [1.54, 1.807) is 24.7 Å². The average molecular weight is 401 g/mol. The maximum atomic E-state index is 5.19. The van der Waals surface area contributed by atoms with E-state index >= 15 is 0 Å². The predicted octanol–water partition coefficient (Wildman–Crippen LogP) is 5.32. The minimum absolute atomic E-state index is 0.611. The highest BCUT2D eigenvalue weighted by Crippen LogP contribution is 2.23. The summed E-state index contributed by atoms with van der Waals surface area (Å²) < 4.78 is 6.30. The van der Waals surface area contributed by atoms with Crippen LogP contribution >= 0.6 is 11.3 Å². The number of ether oxygens (including phenoxy) is 1. The lowest BCUT2D eigenvalue weighted by Crippen LogP contribution is -2.18. The maximum absolute atomic E-state index is 5.19. The van der Waals surface area contributed by atoms with Crippen LogP contribution in [0.1, 0.15) is 16.1 Å². The number of hydrazone groups is 1. The lowest BCUT2D eigenvalue weighted by Gasteiger charge is -2.03. The summed E-state index contributed by atoms with van der Waals surface area (Å²) in [4.78, 5) is 9.45. The quantitative estimate of drug-likeness (QED) is 0.280. The first-order valence-electron chi connectivity index (χ1n) is 9.16. The summed E-state index contributed by atoms with van der Waals surface area (Å²) in [7, 11) is 1.65. The van der Waals surface area contributed by atoms with Crippen LogP contribution in [0.4, 0.5) is 5.69 Å². The molecule has 0 amide bonds. The number of nitrogens with one attached hydrogen (secondary N) is 1. The molecule has 1 heterocycles. The van der Waals surface area contributed by atoms with Crippen LogP contribution in [-0.4, -0.2) is 24.1 Å². The van der Waals surface area contributed by atoms with E-state index in [1.165, 1.54) is 5.56 Å². The molecule has 0 radical (unpaired) electrons. The summed E-state index contributed by atoms with van der Waals surface area (Å²) in [5.41, 5.74) is 7.01. The number of aliphatic imine (C=N–C) groups is 1. The SMILES string of the molecule is COc1ccc(/C=N/NC(=Nc2ccc(C)cc2)c2nc3ccccc3s2)cc1. The molecule has 0 atom stereocenters. The molecule has 4 rings (SSSR count). The van der Waals surface area contributed by atoms with Gasteiger partial charge in [-0.15, -0.1) is 11.3 Å². The van der Waals surface area contributed by atoms with E-state index in [9.17, 15) is 0 Å². The Labute approximate surface area is 173 Å². The lowest BCUT2D eigenvalue weighted by molar-refractivity contribution is 0.415. The third-order valence-corrected chi connectivity index (χ3v) is 5.31. The van der Waals surface area contributed by atoms with Crippen molar-refractivity contribution < 1.29 is 4.74 Å². The molecule has 0 fully saturated rings. The van der Waals surface area contributed by atoms with Crippen LogP contribution in [0.15, 0.2) is 82.9 Å². The van der Waals surface area contributed by atoms with E-state index in [1.807, 2.05) is 66.7 Å². The number of methoxy groups -OCH3 is 1. The van der Waals surface area contributed by atoms with Crippen LogP contribution in [0.3, 0.4) is 0 Å². The molecule has 0 saturated carbocycles. The van der Waals surface area contributed by atoms with Crippen LogP contribution < -0.4 is 10.2 Å². The highest BCUT2D eigenvalue weighted by molar-refractivity contribution is 7.20. The minimum atomic E-state index is 0.611. The van der Waals surface area contributed by atoms with Gasteiger partial charge in [-0.1, -0.05) is 29.8 Å². The molecule has 0 saturated heterocycles. The highest BCUT2D eigenvalue weighted by Gasteiger charge is 2.10. The summed E-state index contributed by atoms with van der Waals surface area (Å²) in [5, 5.41) is 5.17. The van der Waals surface area contributed by atoms with Gasteiger partial charge in [0.05, 0.1) is 29.2 Å². The molecule has 3 aromatic carbocycles. The number of rotatable bonds is 5. The smallest absolute Gasteiger partial charge is 0.183 e. The van der Waals surface area contributed by atoms with Gasteiger partial charge < -0.3 is 4.74 Å². The van der Waals surface area contributed by atoms with Gasteiger partial charge in [0, 0.05) is 0 Å². The Morgan fingerprint density at radius 1 is 1.00 bits per heavy atom. The topological polar surface area (TPSA) is 58.9 Å². The van der Waals surface area contributed by atoms with Crippen molar-refractivity contribution in [3.8, 4) is 5.75 Å². The first-order valence-corrected chi connectivity index (χ1v) is 9.97. The summed E-state index contributed by atoms with van der Waals surface area (Å²) in [6.45, 7) is 2.05. The Hall–Kier alpha value is -3.51. The number of aromatic nitrogens is 1. The Bertz CT molecular complexity index is 1130. The molecule has 0 bridgehead atoms. The number of hydrogen-bond acceptors (Lipinski definition) is 5. The van der Waals surface area contributed by atoms with E-state index in [0.717, 1.165) is 32.2 Å². The molecule has 0 unspecified atom stereocenters. The molecule has 4 aromatic rings. The largest absolute Gasteiger partial charge is 0.497 e. The zero-order valence-corrected chi connectivity index (χ0v) is 17.0. The standard InChI is InChI=1S/C23H20N4OS/c1-16-7-11-18(12-8-16)25-22(23-26-20-5-3-4-6-21(20)29-23)27-24-15-17-9-13-19(28-2)14-10-17/h3-15H,1-2H3,(H,25,27)/b24-15+. The van der Waals surface area contributed by atoms with Gasteiger partial charge in [-0.05, 0) is 61.0 Å². The molecule has 0 aliphatic heterocycles. The predicted molar refractivity (Wildman–Crippen MR) is 121 cm³/mol. The molecule has 6 heteroatoms. The average Bonchev–Trinajstić information content (AvgIpc) is 3.19. The van der Waals surface area contributed by atoms with Gasteiger partial charge in [0.25, 0.3) is 0 Å². The third-order valence-electron chi connectivity index (χ3n) is 4.27. The molecule has 5 nitrogen and oxygen atoms in total. The van der Waals surface area contributed by atoms with Gasteiger partial charge in [0.15, 0.2) is 10.8 Å². The van der Waals surface area contributed by atoms with Crippen molar-refractivity contribution in [3.63, 3.8) is 0 Å². The molecular formula is C23H20N4OS. The van der Waals surface area contributed by atoms with Crippen LogP contribution in [0.5, 0.6) is 5.75 Å². The number of amidine groups is 1. The Morgan fingerprint density at radius 2 is 1.76 bits per heavy atom. The Balaban J connectivity index is 1.63. The van der Waals surface area contributed by atoms with Gasteiger partial charge >= 0.3 is 0 Å². The molecule has 1 N–H and O–H groups in total. The fourth-order valence-electron chi connectivity index (χ4n) is 2.70. The van der Waals surface area contributed by atoms with Gasteiger partial charge in [0.1, 0.15) is 5.75 Å². The monoisotopic (exact) mass is 400 g/mol. The number of nitrogens with zero attached hydrogens (tertiary/aromatic N) is 3. The second-order valence-corrected chi connectivity index (χ2v) is 7.46. The van der Waals surface area contributed by atoms with Crippen molar-refractivity contribution in [3.05, 3.63) is 88.9 Å². The van der Waals surface area contributed by atoms with Gasteiger partial charge in [-0.25, -0.2) is 9.98 Å². The third kappa shape index (κ3) is 4.67. The van der Waals surface area contributed by atoms with Crippen molar-refractivity contribution in [2.45, 2.75) is 6.92 Å². The van der Waals surface area contributed by atoms with Crippen LogP contribution in [-0.2, 0) is 0 Å². The zero-order valence-electron chi connectivity index (χ0n) is 16.2. The van der Waals surface area contributed by atoms with Crippen molar-refractivity contribution in [2.75, 3.05) is 7.11 Å². The number of benzene rings is 3. The second-order valence-electron chi connectivity index (χ2n) is 6.43. The molecular weight excluding hydrogens is 380 g/mol. The molecule has 144 valence electrons. The lowest BCUT2D eigenvalue weighted by atomic mass is 10.2. The van der Waals surface area contributed by atoms with Gasteiger partial charge in [-0.2, -0.15) is 5.10 Å². The highest BCUT2D eigenvalue weighted by atomic mass is 32.1. The Kier molecular flexibility index (Phi) is 5.63. The molecule has 0 aliphatic rings. The first kappa shape index (κ1) is 18.8. The van der Waals surface area contributed by atoms with Crippen LogP contribution in [0, 0.1) is 6.92 Å². The first-order chi connectivity index (χ1) is 14.2. The normalized spacial score (nSPS) is 11.9. The van der Waals surface area contributed by atoms with Crippen molar-refractivity contribution >= 4 is 39.3 Å². The number of para-hydroxylation sites is 1. The van der Waals surface area contributed by atoms with E-state index < -0.39 is 0 Å². The van der Waals surface area contributed by atoms with E-state index in [0.29, 0.717) is 5.84 Å². The van der Waals surface area contributed by atoms with E-state index in [-0.39, 0.29) is 0 Å². The fraction of sp³-hybridized carbons (Fsp3) is 0.0870. The molecule has 0 spiro atoms. The fourth-order valence-corrected chi connectivity index (χ4v) is 3.61. The molecule has 0 aliphatic carbocycles. The van der Waals surface area contributed by atoms with E-state index in [2.05, 4.69) is 23.5 Å².